The van der Waals surface area contributed by atoms with Gasteiger partial charge in [-0.15, -0.1) is 0 Å². The summed E-state index contributed by atoms with van der Waals surface area (Å²) in [6.07, 6.45) is 4.35. The molecule has 184 valence electrons. The highest BCUT2D eigenvalue weighted by molar-refractivity contribution is 5.95. The minimum atomic E-state index is -0.235. The quantitative estimate of drug-likeness (QED) is 0.378. The molecule has 7 heteroatoms. The zero-order chi connectivity index (χ0) is 25.1. The molecule has 1 aromatic heterocycles. The minimum Gasteiger partial charge on any atom is -0.493 e. The number of imidazole rings is 1. The summed E-state index contributed by atoms with van der Waals surface area (Å²) in [7, 11) is 5.20. The lowest BCUT2D eigenvalue weighted by Crippen LogP contribution is -2.40. The Labute approximate surface area is 210 Å². The van der Waals surface area contributed by atoms with Crippen molar-refractivity contribution in [3.05, 3.63) is 107 Å². The van der Waals surface area contributed by atoms with Gasteiger partial charge in [0.25, 0.3) is 5.91 Å². The van der Waals surface area contributed by atoms with Crippen LogP contribution in [0.3, 0.4) is 0 Å². The fraction of sp³-hybridized carbons (Fsp3) is 0.241. The van der Waals surface area contributed by atoms with Crippen LogP contribution < -0.4 is 14.2 Å². The van der Waals surface area contributed by atoms with E-state index in [0.29, 0.717) is 36.0 Å². The normalized spacial score (nSPS) is 14.8. The highest BCUT2D eigenvalue weighted by Crippen LogP contribution is 2.41. The van der Waals surface area contributed by atoms with Crippen molar-refractivity contribution in [3.63, 3.8) is 0 Å². The van der Waals surface area contributed by atoms with Crippen LogP contribution in [-0.2, 0) is 20.1 Å². The van der Waals surface area contributed by atoms with Crippen molar-refractivity contribution in [2.45, 2.75) is 19.1 Å². The lowest BCUT2D eigenvalue weighted by Gasteiger charge is -2.38. The Morgan fingerprint density at radius 2 is 1.72 bits per heavy atom. The number of carbonyl (C=O) groups excluding carboxylic acids is 1. The van der Waals surface area contributed by atoms with Gasteiger partial charge in [0.05, 0.1) is 20.3 Å². The van der Waals surface area contributed by atoms with Gasteiger partial charge in [-0.2, -0.15) is 0 Å². The van der Waals surface area contributed by atoms with E-state index in [4.69, 9.17) is 14.2 Å². The molecule has 1 amide bonds. The highest BCUT2D eigenvalue weighted by atomic mass is 16.5. The summed E-state index contributed by atoms with van der Waals surface area (Å²) in [6.45, 7) is 0.958. The van der Waals surface area contributed by atoms with E-state index in [0.717, 1.165) is 28.9 Å². The van der Waals surface area contributed by atoms with Crippen LogP contribution in [-0.4, -0.2) is 41.1 Å². The van der Waals surface area contributed by atoms with Gasteiger partial charge in [0.1, 0.15) is 18.2 Å². The lowest BCUT2D eigenvalue weighted by atomic mass is 9.87. The first-order chi connectivity index (χ1) is 17.6. The van der Waals surface area contributed by atoms with E-state index in [2.05, 4.69) is 17.1 Å². The minimum absolute atomic E-state index is 0.0278. The van der Waals surface area contributed by atoms with Gasteiger partial charge in [-0.25, -0.2) is 4.98 Å². The smallest absolute Gasteiger partial charge is 0.254 e. The maximum absolute atomic E-state index is 13.8. The topological polar surface area (TPSA) is 65.8 Å². The fourth-order valence-corrected chi connectivity index (χ4v) is 4.70. The predicted octanol–water partition coefficient (Wildman–Crippen LogP) is 4.80. The average Bonchev–Trinajstić information content (AvgIpc) is 3.35. The first-order valence-electron chi connectivity index (χ1n) is 11.9. The zero-order valence-electron chi connectivity index (χ0n) is 20.7. The number of fused-ring (bicyclic) bond motifs is 1. The number of nitrogens with zero attached hydrogens (tertiary/aromatic N) is 3. The molecule has 0 fully saturated rings. The standard InChI is InChI=1S/C29H29N3O4/c1-31-16-14-30-27(31)19-36-23-11-9-21(10-12-23)29(33)32-15-13-22-17-25(34-2)26(35-3)18-24(22)28(32)20-7-5-4-6-8-20/h4-12,14,16-18,28H,13,15,19H2,1-3H3. The molecule has 2 heterocycles. The first kappa shape index (κ1) is 23.5. The number of aryl methyl sites for hydroxylation is 1. The Kier molecular flexibility index (Phi) is 6.62. The van der Waals surface area contributed by atoms with Gasteiger partial charge >= 0.3 is 0 Å². The van der Waals surface area contributed by atoms with E-state index in [1.807, 2.05) is 77.3 Å². The molecule has 0 bridgehead atoms. The SMILES string of the molecule is COc1cc2c(cc1OC)C(c1ccccc1)N(C(=O)c1ccc(OCc3nccn3C)cc1)CC2. The Bertz CT molecular complexity index is 1350. The summed E-state index contributed by atoms with van der Waals surface area (Å²) < 4.78 is 18.9. The first-order valence-corrected chi connectivity index (χ1v) is 11.9. The number of ether oxygens (including phenoxy) is 3. The van der Waals surface area contributed by atoms with Crippen molar-refractivity contribution in [1.82, 2.24) is 14.5 Å². The van der Waals surface area contributed by atoms with Crippen LogP contribution in [0.4, 0.5) is 0 Å². The van der Waals surface area contributed by atoms with Crippen LogP contribution in [0.1, 0.15) is 38.9 Å². The molecule has 1 aliphatic heterocycles. The van der Waals surface area contributed by atoms with Crippen molar-refractivity contribution in [2.24, 2.45) is 7.05 Å². The van der Waals surface area contributed by atoms with Crippen molar-refractivity contribution in [2.75, 3.05) is 20.8 Å². The van der Waals surface area contributed by atoms with E-state index in [9.17, 15) is 4.79 Å². The van der Waals surface area contributed by atoms with Crippen molar-refractivity contribution in [3.8, 4) is 17.2 Å². The van der Waals surface area contributed by atoms with Gasteiger partial charge < -0.3 is 23.7 Å². The second-order valence-electron chi connectivity index (χ2n) is 8.74. The summed E-state index contributed by atoms with van der Waals surface area (Å²) >= 11 is 0. The molecule has 0 spiro atoms. The molecular weight excluding hydrogens is 454 g/mol. The maximum Gasteiger partial charge on any atom is 0.254 e. The third-order valence-corrected chi connectivity index (χ3v) is 6.64. The molecule has 4 aromatic rings. The van der Waals surface area contributed by atoms with Gasteiger partial charge in [0.15, 0.2) is 11.5 Å². The molecule has 0 saturated heterocycles. The van der Waals surface area contributed by atoms with Gasteiger partial charge in [-0.1, -0.05) is 30.3 Å². The molecule has 7 nitrogen and oxygen atoms in total. The van der Waals surface area contributed by atoms with E-state index >= 15 is 0 Å². The summed E-state index contributed by atoms with van der Waals surface area (Å²) in [5, 5.41) is 0. The number of benzene rings is 3. The van der Waals surface area contributed by atoms with Crippen LogP contribution in [0, 0.1) is 0 Å². The van der Waals surface area contributed by atoms with Crippen molar-refractivity contribution in [1.29, 1.82) is 0 Å². The Morgan fingerprint density at radius 1 is 1.00 bits per heavy atom. The second kappa shape index (κ2) is 10.2. The third-order valence-electron chi connectivity index (χ3n) is 6.64. The van der Waals surface area contributed by atoms with Crippen LogP contribution in [0.25, 0.3) is 0 Å². The van der Waals surface area contributed by atoms with E-state index < -0.39 is 0 Å². The molecule has 5 rings (SSSR count). The molecule has 36 heavy (non-hydrogen) atoms. The number of aromatic nitrogens is 2. The number of rotatable bonds is 7. The van der Waals surface area contributed by atoms with Gasteiger partial charge in [-0.3, -0.25) is 4.79 Å². The summed E-state index contributed by atoms with van der Waals surface area (Å²) in [5.74, 6) is 2.85. The molecule has 1 aliphatic rings. The molecular formula is C29H29N3O4. The summed E-state index contributed by atoms with van der Waals surface area (Å²) in [4.78, 5) is 20.0. The van der Waals surface area contributed by atoms with Crippen molar-refractivity contribution >= 4 is 5.91 Å². The second-order valence-corrected chi connectivity index (χ2v) is 8.74. The van der Waals surface area contributed by atoms with E-state index in [-0.39, 0.29) is 11.9 Å². The number of carbonyl (C=O) groups is 1. The number of hydrogen-bond donors (Lipinski definition) is 0. The summed E-state index contributed by atoms with van der Waals surface area (Å²) in [5.41, 5.74) is 3.87. The Balaban J connectivity index is 1.43. The molecule has 0 aliphatic carbocycles. The van der Waals surface area contributed by atoms with E-state index in [1.54, 1.807) is 20.4 Å². The summed E-state index contributed by atoms with van der Waals surface area (Å²) in [6, 6.07) is 21.2. The number of methoxy groups -OCH3 is 2. The third kappa shape index (κ3) is 4.52. The Morgan fingerprint density at radius 3 is 2.39 bits per heavy atom. The molecule has 1 unspecified atom stereocenters. The average molecular weight is 484 g/mol. The molecule has 0 N–H and O–H groups in total. The van der Waals surface area contributed by atoms with E-state index in [1.165, 1.54) is 0 Å². The van der Waals surface area contributed by atoms with Crippen LogP contribution in [0.2, 0.25) is 0 Å². The van der Waals surface area contributed by atoms with Crippen LogP contribution in [0.15, 0.2) is 79.1 Å². The fourth-order valence-electron chi connectivity index (χ4n) is 4.70. The number of amides is 1. The largest absolute Gasteiger partial charge is 0.493 e. The lowest BCUT2D eigenvalue weighted by molar-refractivity contribution is 0.0694. The molecule has 0 radical (unpaired) electrons. The van der Waals surface area contributed by atoms with Gasteiger partial charge in [0.2, 0.25) is 0 Å². The van der Waals surface area contributed by atoms with Crippen molar-refractivity contribution < 1.29 is 19.0 Å². The maximum atomic E-state index is 13.8. The van der Waals surface area contributed by atoms with Crippen LogP contribution in [0.5, 0.6) is 17.2 Å². The molecule has 1 atom stereocenters. The zero-order valence-corrected chi connectivity index (χ0v) is 20.7. The highest BCUT2D eigenvalue weighted by Gasteiger charge is 2.33. The molecule has 3 aromatic carbocycles. The van der Waals surface area contributed by atoms with Gasteiger partial charge in [0, 0.05) is 31.5 Å². The van der Waals surface area contributed by atoms with Gasteiger partial charge in [-0.05, 0) is 59.5 Å². The van der Waals surface area contributed by atoms with Crippen LogP contribution >= 0.6 is 0 Å². The Hall–Kier alpha value is -4.26. The molecule has 0 saturated carbocycles. The monoisotopic (exact) mass is 483 g/mol. The predicted molar refractivity (Wildman–Crippen MR) is 137 cm³/mol. The number of hydrogen-bond acceptors (Lipinski definition) is 5.